The molecule has 0 spiro atoms. The molecule has 0 aromatic heterocycles. The molecule has 2 rings (SSSR count). The van der Waals surface area contributed by atoms with Gasteiger partial charge >= 0.3 is 0 Å². The van der Waals surface area contributed by atoms with Gasteiger partial charge in [-0.05, 0) is 33.6 Å². The van der Waals surface area contributed by atoms with Gasteiger partial charge in [0.2, 0.25) is 0 Å². The van der Waals surface area contributed by atoms with E-state index < -0.39 is 10.8 Å². The quantitative estimate of drug-likeness (QED) is 0.655. The molecule has 2 aromatic carbocycles. The van der Waals surface area contributed by atoms with Gasteiger partial charge in [0, 0.05) is 28.2 Å². The Kier molecular flexibility index (Phi) is 4.93. The molecule has 5 nitrogen and oxygen atoms in total. The summed E-state index contributed by atoms with van der Waals surface area (Å²) in [5, 5.41) is 14.0. The number of hydrogen-bond donors (Lipinski definition) is 1. The number of amides is 1. The van der Waals surface area contributed by atoms with E-state index in [1.807, 2.05) is 6.07 Å². The summed E-state index contributed by atoms with van der Waals surface area (Å²) in [7, 11) is 0. The molecule has 1 N–H and O–H groups in total. The van der Waals surface area contributed by atoms with Crippen molar-refractivity contribution in [1.29, 1.82) is 0 Å². The summed E-state index contributed by atoms with van der Waals surface area (Å²) >= 11 is 9.21. The van der Waals surface area contributed by atoms with Crippen LogP contribution >= 0.6 is 27.5 Å². The average Bonchev–Trinajstić information content (AvgIpc) is 2.46. The Morgan fingerprint density at radius 3 is 2.67 bits per heavy atom. The van der Waals surface area contributed by atoms with Gasteiger partial charge in [-0.3, -0.25) is 14.9 Å². The largest absolute Gasteiger partial charge is 0.348 e. The Bertz CT molecular complexity index is 706. The fourth-order valence-corrected chi connectivity index (χ4v) is 2.34. The standard InChI is InChI=1S/C14H10BrClN2O3/c15-12-6-5-10(18(20)21)7-11(12)14(19)17-8-9-3-1-2-4-13(9)16/h1-7H,8H2,(H,17,19). The van der Waals surface area contributed by atoms with Crippen molar-refractivity contribution in [1.82, 2.24) is 5.32 Å². The second-order valence-electron chi connectivity index (χ2n) is 4.20. The van der Waals surface area contributed by atoms with Crippen molar-refractivity contribution in [2.75, 3.05) is 0 Å². The van der Waals surface area contributed by atoms with Crippen molar-refractivity contribution in [2.45, 2.75) is 6.54 Å². The third-order valence-electron chi connectivity index (χ3n) is 2.80. The highest BCUT2D eigenvalue weighted by atomic mass is 79.9. The van der Waals surface area contributed by atoms with Gasteiger partial charge in [0.25, 0.3) is 11.6 Å². The molecule has 7 heteroatoms. The first-order valence-corrected chi connectivity index (χ1v) is 7.11. The zero-order valence-corrected chi connectivity index (χ0v) is 13.0. The number of nitro groups is 1. The Morgan fingerprint density at radius 2 is 2.00 bits per heavy atom. The second-order valence-corrected chi connectivity index (χ2v) is 5.46. The van der Waals surface area contributed by atoms with E-state index in [2.05, 4.69) is 21.2 Å². The van der Waals surface area contributed by atoms with Gasteiger partial charge in [0.05, 0.1) is 10.5 Å². The second kappa shape index (κ2) is 6.69. The summed E-state index contributed by atoms with van der Waals surface area (Å²) in [4.78, 5) is 22.3. The highest BCUT2D eigenvalue weighted by Crippen LogP contribution is 2.23. The van der Waals surface area contributed by atoms with E-state index >= 15 is 0 Å². The van der Waals surface area contributed by atoms with Crippen LogP contribution in [0.25, 0.3) is 0 Å². The lowest BCUT2D eigenvalue weighted by Crippen LogP contribution is -2.23. The van der Waals surface area contributed by atoms with Crippen LogP contribution in [0.1, 0.15) is 15.9 Å². The molecule has 0 bridgehead atoms. The Labute approximate surface area is 134 Å². The molecule has 2 aromatic rings. The number of benzene rings is 2. The average molecular weight is 370 g/mol. The van der Waals surface area contributed by atoms with Crippen molar-refractivity contribution < 1.29 is 9.72 Å². The first kappa shape index (κ1) is 15.5. The molecule has 0 atom stereocenters. The van der Waals surface area contributed by atoms with Gasteiger partial charge in [-0.25, -0.2) is 0 Å². The third-order valence-corrected chi connectivity index (χ3v) is 3.86. The van der Waals surface area contributed by atoms with Crippen LogP contribution in [-0.2, 0) is 6.54 Å². The van der Waals surface area contributed by atoms with Gasteiger partial charge in [0.15, 0.2) is 0 Å². The molecule has 0 aliphatic rings. The normalized spacial score (nSPS) is 10.2. The van der Waals surface area contributed by atoms with E-state index in [9.17, 15) is 14.9 Å². The van der Waals surface area contributed by atoms with Crippen molar-refractivity contribution in [2.24, 2.45) is 0 Å². The zero-order chi connectivity index (χ0) is 15.4. The molecule has 0 fully saturated rings. The Balaban J connectivity index is 2.15. The lowest BCUT2D eigenvalue weighted by Gasteiger charge is -2.08. The molecule has 21 heavy (non-hydrogen) atoms. The minimum atomic E-state index is -0.544. The van der Waals surface area contributed by atoms with Crippen molar-refractivity contribution >= 4 is 39.1 Å². The number of nitrogens with zero attached hydrogens (tertiary/aromatic N) is 1. The van der Waals surface area contributed by atoms with Gasteiger partial charge in [-0.2, -0.15) is 0 Å². The topological polar surface area (TPSA) is 72.2 Å². The van der Waals surface area contributed by atoms with Gasteiger partial charge in [-0.1, -0.05) is 29.8 Å². The van der Waals surface area contributed by atoms with E-state index in [4.69, 9.17) is 11.6 Å². The fourth-order valence-electron chi connectivity index (χ4n) is 1.71. The van der Waals surface area contributed by atoms with Crippen LogP contribution in [0.15, 0.2) is 46.9 Å². The maximum absolute atomic E-state index is 12.1. The number of halogens is 2. The first-order chi connectivity index (χ1) is 9.99. The highest BCUT2D eigenvalue weighted by molar-refractivity contribution is 9.10. The fraction of sp³-hybridized carbons (Fsp3) is 0.0714. The van der Waals surface area contributed by atoms with Crippen molar-refractivity contribution in [3.8, 4) is 0 Å². The summed E-state index contributed by atoms with van der Waals surface area (Å²) in [6, 6.07) is 11.2. The van der Waals surface area contributed by atoms with E-state index in [-0.39, 0.29) is 17.8 Å². The molecular weight excluding hydrogens is 360 g/mol. The van der Waals surface area contributed by atoms with Crippen LogP contribution in [0, 0.1) is 10.1 Å². The number of nitrogens with one attached hydrogen (secondary N) is 1. The number of carbonyl (C=O) groups excluding carboxylic acids is 1. The van der Waals surface area contributed by atoms with Crippen LogP contribution in [-0.4, -0.2) is 10.8 Å². The minimum absolute atomic E-state index is 0.138. The molecule has 0 heterocycles. The molecular formula is C14H10BrClN2O3. The minimum Gasteiger partial charge on any atom is -0.348 e. The molecule has 0 unspecified atom stereocenters. The lowest BCUT2D eigenvalue weighted by atomic mass is 10.1. The summed E-state index contributed by atoms with van der Waals surface area (Å²) in [6.45, 7) is 0.244. The van der Waals surface area contributed by atoms with Crippen LogP contribution < -0.4 is 5.32 Å². The Morgan fingerprint density at radius 1 is 1.29 bits per heavy atom. The smallest absolute Gasteiger partial charge is 0.270 e. The Hall–Kier alpha value is -1.92. The summed E-state index contributed by atoms with van der Waals surface area (Å²) in [5.74, 6) is -0.412. The number of carbonyl (C=O) groups is 1. The van der Waals surface area contributed by atoms with Gasteiger partial charge in [0.1, 0.15) is 0 Å². The maximum atomic E-state index is 12.1. The molecule has 0 aliphatic heterocycles. The summed E-state index contributed by atoms with van der Waals surface area (Å²) < 4.78 is 0.491. The van der Waals surface area contributed by atoms with Gasteiger partial charge in [-0.15, -0.1) is 0 Å². The molecule has 0 saturated heterocycles. The maximum Gasteiger partial charge on any atom is 0.270 e. The lowest BCUT2D eigenvalue weighted by molar-refractivity contribution is -0.384. The summed E-state index contributed by atoms with van der Waals surface area (Å²) in [5.41, 5.74) is 0.839. The molecule has 108 valence electrons. The zero-order valence-electron chi connectivity index (χ0n) is 10.7. The first-order valence-electron chi connectivity index (χ1n) is 5.94. The SMILES string of the molecule is O=C(NCc1ccccc1Cl)c1cc([N+](=O)[O-])ccc1Br. The highest BCUT2D eigenvalue weighted by Gasteiger charge is 2.15. The van der Waals surface area contributed by atoms with Crippen LogP contribution in [0.4, 0.5) is 5.69 Å². The molecule has 0 saturated carbocycles. The van der Waals surface area contributed by atoms with E-state index in [1.165, 1.54) is 18.2 Å². The van der Waals surface area contributed by atoms with Crippen molar-refractivity contribution in [3.63, 3.8) is 0 Å². The number of hydrogen-bond acceptors (Lipinski definition) is 3. The molecule has 1 amide bonds. The van der Waals surface area contributed by atoms with Crippen LogP contribution in [0.2, 0.25) is 5.02 Å². The van der Waals surface area contributed by atoms with Crippen LogP contribution in [0.5, 0.6) is 0 Å². The number of nitro benzene ring substituents is 1. The van der Waals surface area contributed by atoms with Gasteiger partial charge < -0.3 is 5.32 Å². The number of rotatable bonds is 4. The monoisotopic (exact) mass is 368 g/mol. The molecule has 0 aliphatic carbocycles. The predicted molar refractivity (Wildman–Crippen MR) is 83.4 cm³/mol. The van der Waals surface area contributed by atoms with Crippen LogP contribution in [0.3, 0.4) is 0 Å². The van der Waals surface area contributed by atoms with E-state index in [1.54, 1.807) is 18.2 Å². The third kappa shape index (κ3) is 3.80. The van der Waals surface area contributed by atoms with E-state index in [0.717, 1.165) is 5.56 Å². The van der Waals surface area contributed by atoms with E-state index in [0.29, 0.717) is 9.50 Å². The van der Waals surface area contributed by atoms with Crippen molar-refractivity contribution in [3.05, 3.63) is 73.2 Å². The number of non-ortho nitro benzene ring substituents is 1. The summed E-state index contributed by atoms with van der Waals surface area (Å²) in [6.07, 6.45) is 0. The molecule has 0 radical (unpaired) electrons. The predicted octanol–water partition coefficient (Wildman–Crippen LogP) is 3.94.